The SMILES string of the molecule is CC[C@@H]1CC1(NC(=O)[C@@H]1C[C@@H](Oc2nc3ccccc3s2)CN1C(=O)[C@@H](Nc1cccc(C(F)(F)F)c1)C(C)(C)C)C(=O)OC. The summed E-state index contributed by atoms with van der Waals surface area (Å²) in [4.78, 5) is 46.9. The van der Waals surface area contributed by atoms with E-state index in [1.54, 1.807) is 20.8 Å². The van der Waals surface area contributed by atoms with E-state index >= 15 is 0 Å². The van der Waals surface area contributed by atoms with Gasteiger partial charge < -0.3 is 25.0 Å². The van der Waals surface area contributed by atoms with E-state index in [0.29, 0.717) is 18.0 Å². The standard InChI is InChI=1S/C32H37F3N4O5S/c1-6-18-16-31(18,28(42)43-5)38-26(40)23-15-21(44-29-37-22-12-7-8-13-24(22)45-29)17-39(23)27(41)25(30(2,3)4)36-20-11-9-10-19(14-20)32(33,34)35/h7-14,18,21,23,25,36H,6,15-17H2,1-5H3,(H,38,40)/t18-,21-,23+,25-,31?/m1/s1. The van der Waals surface area contributed by atoms with Crippen LogP contribution in [0.5, 0.6) is 5.19 Å². The van der Waals surface area contributed by atoms with Crippen LogP contribution in [-0.2, 0) is 25.3 Å². The van der Waals surface area contributed by atoms with Crippen LogP contribution in [-0.4, -0.2) is 65.0 Å². The van der Waals surface area contributed by atoms with Crippen molar-refractivity contribution in [3.05, 3.63) is 54.1 Å². The van der Waals surface area contributed by atoms with Gasteiger partial charge in [-0.1, -0.05) is 63.7 Å². The van der Waals surface area contributed by atoms with E-state index in [-0.39, 0.29) is 24.6 Å². The number of rotatable bonds is 9. The maximum absolute atomic E-state index is 14.3. The van der Waals surface area contributed by atoms with Crippen LogP contribution in [0.4, 0.5) is 18.9 Å². The van der Waals surface area contributed by atoms with Crippen LogP contribution in [0.2, 0.25) is 0 Å². The van der Waals surface area contributed by atoms with Crippen molar-refractivity contribution in [2.24, 2.45) is 11.3 Å². The number of alkyl halides is 3. The van der Waals surface area contributed by atoms with E-state index in [0.717, 1.165) is 22.3 Å². The van der Waals surface area contributed by atoms with Crippen molar-refractivity contribution in [2.45, 2.75) is 76.9 Å². The molecule has 2 fully saturated rings. The van der Waals surface area contributed by atoms with Gasteiger partial charge in [0.15, 0.2) is 0 Å². The van der Waals surface area contributed by atoms with Gasteiger partial charge in [-0.25, -0.2) is 9.78 Å². The second-order valence-electron chi connectivity index (χ2n) is 12.7. The van der Waals surface area contributed by atoms with E-state index < -0.39 is 58.7 Å². The highest BCUT2D eigenvalue weighted by atomic mass is 32.1. The summed E-state index contributed by atoms with van der Waals surface area (Å²) >= 11 is 1.35. The molecule has 1 saturated carbocycles. The third-order valence-electron chi connectivity index (χ3n) is 8.50. The number of esters is 1. The lowest BCUT2D eigenvalue weighted by Gasteiger charge is -2.36. The van der Waals surface area contributed by atoms with Gasteiger partial charge in [0, 0.05) is 12.1 Å². The van der Waals surface area contributed by atoms with Crippen LogP contribution in [0.1, 0.15) is 52.5 Å². The molecule has 3 aromatic rings. The van der Waals surface area contributed by atoms with Crippen molar-refractivity contribution >= 4 is 45.0 Å². The highest BCUT2D eigenvalue weighted by Crippen LogP contribution is 2.47. The first kappa shape index (κ1) is 32.5. The summed E-state index contributed by atoms with van der Waals surface area (Å²) in [7, 11) is 1.27. The first-order chi connectivity index (χ1) is 21.2. The quantitative estimate of drug-likeness (QED) is 0.289. The average Bonchev–Trinajstić information content (AvgIpc) is 3.30. The molecule has 2 amide bonds. The molecule has 2 N–H and O–H groups in total. The molecule has 5 rings (SSSR count). The molecule has 0 bridgehead atoms. The van der Waals surface area contributed by atoms with Crippen LogP contribution < -0.4 is 15.4 Å². The fourth-order valence-corrected chi connectivity index (χ4v) is 6.83. The van der Waals surface area contributed by atoms with Gasteiger partial charge in [0.2, 0.25) is 11.8 Å². The van der Waals surface area contributed by atoms with Crippen molar-refractivity contribution in [3.63, 3.8) is 0 Å². The number of likely N-dealkylation sites (tertiary alicyclic amines) is 1. The Morgan fingerprint density at radius 1 is 1.13 bits per heavy atom. The molecular formula is C32H37F3N4O5S. The molecule has 1 saturated heterocycles. The number of fused-ring (bicyclic) bond motifs is 1. The van der Waals surface area contributed by atoms with Gasteiger partial charge >= 0.3 is 12.1 Å². The predicted octanol–water partition coefficient (Wildman–Crippen LogP) is 5.65. The molecule has 9 nitrogen and oxygen atoms in total. The topological polar surface area (TPSA) is 110 Å². The molecule has 1 unspecified atom stereocenters. The lowest BCUT2D eigenvalue weighted by atomic mass is 9.85. The zero-order chi connectivity index (χ0) is 32.7. The maximum Gasteiger partial charge on any atom is 0.416 e. The Morgan fingerprint density at radius 3 is 2.49 bits per heavy atom. The molecule has 13 heteroatoms. The van der Waals surface area contributed by atoms with Gasteiger partial charge in [0.1, 0.15) is 23.7 Å². The Balaban J connectivity index is 1.44. The third kappa shape index (κ3) is 6.73. The number of anilines is 1. The number of para-hydroxylation sites is 1. The number of hydrogen-bond acceptors (Lipinski definition) is 8. The van der Waals surface area contributed by atoms with E-state index in [2.05, 4.69) is 15.6 Å². The van der Waals surface area contributed by atoms with Gasteiger partial charge in [0.25, 0.3) is 5.19 Å². The second kappa shape index (κ2) is 12.1. The molecule has 1 aromatic heterocycles. The Labute approximate surface area is 263 Å². The second-order valence-corrected chi connectivity index (χ2v) is 13.7. The molecule has 0 spiro atoms. The minimum atomic E-state index is -4.56. The zero-order valence-corrected chi connectivity index (χ0v) is 26.6. The largest absolute Gasteiger partial charge is 0.467 e. The van der Waals surface area contributed by atoms with Crippen LogP contribution in [0.15, 0.2) is 48.5 Å². The molecule has 1 aliphatic heterocycles. The first-order valence-electron chi connectivity index (χ1n) is 14.8. The Morgan fingerprint density at radius 2 is 1.87 bits per heavy atom. The lowest BCUT2D eigenvalue weighted by molar-refractivity contribution is -0.148. The summed E-state index contributed by atoms with van der Waals surface area (Å²) in [5, 5.41) is 6.28. The molecule has 2 heterocycles. The monoisotopic (exact) mass is 646 g/mol. The lowest BCUT2D eigenvalue weighted by Crippen LogP contribution is -2.57. The van der Waals surface area contributed by atoms with Crippen molar-refractivity contribution < 1.29 is 37.0 Å². The van der Waals surface area contributed by atoms with Gasteiger partial charge in [-0.05, 0) is 48.1 Å². The Kier molecular flexibility index (Phi) is 8.78. The summed E-state index contributed by atoms with van der Waals surface area (Å²) in [6.07, 6.45) is -3.96. The fraction of sp³-hybridized carbons (Fsp3) is 0.500. The molecule has 2 aliphatic rings. The third-order valence-corrected chi connectivity index (χ3v) is 9.43. The minimum Gasteiger partial charge on any atom is -0.467 e. The van der Waals surface area contributed by atoms with Crippen molar-refractivity contribution in [3.8, 4) is 5.19 Å². The van der Waals surface area contributed by atoms with Crippen molar-refractivity contribution in [1.82, 2.24) is 15.2 Å². The summed E-state index contributed by atoms with van der Waals surface area (Å²) < 4.78 is 52.5. The van der Waals surface area contributed by atoms with Gasteiger partial charge in [-0.2, -0.15) is 13.2 Å². The first-order valence-corrected chi connectivity index (χ1v) is 15.6. The minimum absolute atomic E-state index is 0.0339. The van der Waals surface area contributed by atoms with E-state index in [4.69, 9.17) is 9.47 Å². The molecule has 5 atom stereocenters. The molecule has 242 valence electrons. The van der Waals surface area contributed by atoms with Crippen LogP contribution in [0, 0.1) is 11.3 Å². The number of methoxy groups -OCH3 is 1. The fourth-order valence-electron chi connectivity index (χ4n) is 5.95. The number of nitrogens with zero attached hydrogens (tertiary/aromatic N) is 2. The Hall–Kier alpha value is -3.87. The summed E-state index contributed by atoms with van der Waals surface area (Å²) in [5.41, 5.74) is -1.90. The number of nitrogens with one attached hydrogen (secondary N) is 2. The highest BCUT2D eigenvalue weighted by molar-refractivity contribution is 7.20. The van der Waals surface area contributed by atoms with Crippen molar-refractivity contribution in [2.75, 3.05) is 19.0 Å². The zero-order valence-electron chi connectivity index (χ0n) is 25.7. The van der Waals surface area contributed by atoms with E-state index in [1.807, 2.05) is 31.2 Å². The molecule has 2 aromatic carbocycles. The average molecular weight is 647 g/mol. The maximum atomic E-state index is 14.3. The number of thiazole rings is 1. The Bertz CT molecular complexity index is 1560. The van der Waals surface area contributed by atoms with Gasteiger partial charge in [-0.3, -0.25) is 9.59 Å². The highest BCUT2D eigenvalue weighted by Gasteiger charge is 2.62. The number of carbonyl (C=O) groups is 3. The van der Waals surface area contributed by atoms with Crippen LogP contribution in [0.3, 0.4) is 0 Å². The predicted molar refractivity (Wildman–Crippen MR) is 164 cm³/mol. The number of ether oxygens (including phenoxy) is 2. The van der Waals surface area contributed by atoms with Crippen LogP contribution >= 0.6 is 11.3 Å². The number of amides is 2. The molecule has 45 heavy (non-hydrogen) atoms. The smallest absolute Gasteiger partial charge is 0.416 e. The normalized spacial score (nSPS) is 23.8. The summed E-state index contributed by atoms with van der Waals surface area (Å²) in [5.74, 6) is -1.64. The molecular weight excluding hydrogens is 609 g/mol. The molecule has 1 aliphatic carbocycles. The molecule has 0 radical (unpaired) electrons. The summed E-state index contributed by atoms with van der Waals surface area (Å²) in [6, 6.07) is 10.2. The van der Waals surface area contributed by atoms with E-state index in [1.165, 1.54) is 35.5 Å². The number of hydrogen-bond donors (Lipinski definition) is 2. The number of aromatic nitrogens is 1. The van der Waals surface area contributed by atoms with Gasteiger partial charge in [0.05, 0.1) is 29.4 Å². The number of benzene rings is 2. The summed E-state index contributed by atoms with van der Waals surface area (Å²) in [6.45, 7) is 7.32. The number of carbonyl (C=O) groups excluding carboxylic acids is 3. The van der Waals surface area contributed by atoms with Crippen LogP contribution in [0.25, 0.3) is 10.2 Å². The van der Waals surface area contributed by atoms with E-state index in [9.17, 15) is 27.6 Å². The van der Waals surface area contributed by atoms with Gasteiger partial charge in [-0.15, -0.1) is 0 Å². The van der Waals surface area contributed by atoms with Crippen molar-refractivity contribution in [1.29, 1.82) is 0 Å². The number of halogens is 3.